The van der Waals surface area contributed by atoms with Crippen molar-refractivity contribution < 1.29 is 4.21 Å². The molecule has 74 valence electrons. The van der Waals surface area contributed by atoms with Crippen LogP contribution in [0.4, 0.5) is 0 Å². The van der Waals surface area contributed by atoms with Gasteiger partial charge < -0.3 is 0 Å². The lowest BCUT2D eigenvalue weighted by Gasteiger charge is -2.31. The van der Waals surface area contributed by atoms with Gasteiger partial charge in [-0.2, -0.15) is 5.26 Å². The molecule has 1 fully saturated rings. The van der Waals surface area contributed by atoms with Crippen LogP contribution in [-0.4, -0.2) is 39.7 Å². The van der Waals surface area contributed by atoms with E-state index in [0.717, 1.165) is 31.0 Å². The van der Waals surface area contributed by atoms with Crippen molar-refractivity contribution >= 4 is 10.8 Å². The Morgan fingerprint density at radius 1 is 1.54 bits per heavy atom. The van der Waals surface area contributed by atoms with Crippen molar-refractivity contribution in [1.29, 1.82) is 5.26 Å². The molecule has 1 aliphatic heterocycles. The van der Waals surface area contributed by atoms with Crippen LogP contribution in [0.25, 0.3) is 0 Å². The average Bonchev–Trinajstić information content (AvgIpc) is 2.15. The molecule has 0 aliphatic carbocycles. The highest BCUT2D eigenvalue weighted by molar-refractivity contribution is 7.85. The maximum absolute atomic E-state index is 11.1. The molecule has 1 heterocycles. The number of rotatable bonds is 3. The molecule has 13 heavy (non-hydrogen) atoms. The van der Waals surface area contributed by atoms with E-state index < -0.39 is 10.8 Å². The lowest BCUT2D eigenvalue weighted by Crippen LogP contribution is -2.43. The van der Waals surface area contributed by atoms with Crippen LogP contribution in [0.5, 0.6) is 0 Å². The molecule has 0 aromatic rings. The van der Waals surface area contributed by atoms with Gasteiger partial charge in [-0.15, -0.1) is 0 Å². The van der Waals surface area contributed by atoms with E-state index in [4.69, 9.17) is 5.26 Å². The summed E-state index contributed by atoms with van der Waals surface area (Å²) in [6.45, 7) is 4.00. The predicted molar refractivity (Wildman–Crippen MR) is 53.8 cm³/mol. The summed E-state index contributed by atoms with van der Waals surface area (Å²) in [5.74, 6) is 1.60. The molecular formula is C9H16N2OS. The molecule has 0 aromatic heterocycles. The van der Waals surface area contributed by atoms with Crippen LogP contribution < -0.4 is 0 Å². The zero-order valence-electron chi connectivity index (χ0n) is 8.03. The van der Waals surface area contributed by atoms with Crippen molar-refractivity contribution in [1.82, 2.24) is 4.90 Å². The van der Waals surface area contributed by atoms with Crippen LogP contribution in [0.3, 0.4) is 0 Å². The number of nitriles is 1. The molecular weight excluding hydrogens is 184 g/mol. The summed E-state index contributed by atoms with van der Waals surface area (Å²) in [7, 11) is -0.590. The number of nitrogens with zero attached hydrogens (tertiary/aromatic N) is 2. The lowest BCUT2D eigenvalue weighted by molar-refractivity contribution is 0.220. The number of hydrogen-bond acceptors (Lipinski definition) is 3. The molecule has 1 unspecified atom stereocenters. The van der Waals surface area contributed by atoms with E-state index in [0.29, 0.717) is 12.5 Å². The summed E-state index contributed by atoms with van der Waals surface area (Å²) in [5.41, 5.74) is 0. The highest BCUT2D eigenvalue weighted by Gasteiger charge is 2.19. The summed E-state index contributed by atoms with van der Waals surface area (Å²) in [6, 6.07) is 2.63. The first-order valence-corrected chi connectivity index (χ1v) is 6.19. The average molecular weight is 200 g/mol. The third kappa shape index (κ3) is 3.45. The first-order chi connectivity index (χ1) is 6.24. The Morgan fingerprint density at radius 3 is 2.69 bits per heavy atom. The van der Waals surface area contributed by atoms with E-state index in [-0.39, 0.29) is 0 Å². The molecule has 1 aliphatic rings. The quantitative estimate of drug-likeness (QED) is 0.675. The van der Waals surface area contributed by atoms with E-state index >= 15 is 0 Å². The summed E-state index contributed by atoms with van der Waals surface area (Å²) in [6.07, 6.45) is 1.56. The van der Waals surface area contributed by atoms with Crippen LogP contribution in [0.15, 0.2) is 0 Å². The Morgan fingerprint density at radius 2 is 2.15 bits per heavy atom. The molecule has 0 radical (unpaired) electrons. The maximum atomic E-state index is 11.1. The zero-order valence-corrected chi connectivity index (χ0v) is 8.85. The first-order valence-electron chi connectivity index (χ1n) is 4.70. The lowest BCUT2D eigenvalue weighted by atomic mass is 10.1. The Balaban J connectivity index is 2.27. The monoisotopic (exact) mass is 200 g/mol. The van der Waals surface area contributed by atoms with Gasteiger partial charge in [0.1, 0.15) is 0 Å². The molecule has 0 aromatic carbocycles. The van der Waals surface area contributed by atoms with Crippen LogP contribution in [0.2, 0.25) is 0 Å². The van der Waals surface area contributed by atoms with Gasteiger partial charge in [-0.25, -0.2) is 0 Å². The minimum atomic E-state index is -0.590. The van der Waals surface area contributed by atoms with Crippen LogP contribution >= 0.6 is 0 Å². The molecule has 1 saturated heterocycles. The van der Waals surface area contributed by atoms with E-state index in [9.17, 15) is 4.21 Å². The van der Waals surface area contributed by atoms with Crippen molar-refractivity contribution in [2.24, 2.45) is 0 Å². The van der Waals surface area contributed by atoms with Gasteiger partial charge in [-0.05, 0) is 13.3 Å². The van der Waals surface area contributed by atoms with Gasteiger partial charge in [0, 0.05) is 47.9 Å². The van der Waals surface area contributed by atoms with Crippen molar-refractivity contribution in [3.63, 3.8) is 0 Å². The second-order valence-corrected chi connectivity index (χ2v) is 5.13. The predicted octanol–water partition coefficient (Wildman–Crippen LogP) is 0.743. The molecule has 0 N–H and O–H groups in total. The highest BCUT2D eigenvalue weighted by Crippen LogP contribution is 2.09. The summed E-state index contributed by atoms with van der Waals surface area (Å²) in [5, 5.41) is 8.44. The fraction of sp³-hybridized carbons (Fsp3) is 0.889. The fourth-order valence-electron chi connectivity index (χ4n) is 1.55. The molecule has 0 saturated carbocycles. The third-order valence-corrected chi connectivity index (χ3v) is 3.79. The second kappa shape index (κ2) is 5.36. The number of hydrogen-bond donors (Lipinski definition) is 0. The maximum Gasteiger partial charge on any atom is 0.0622 e. The van der Waals surface area contributed by atoms with E-state index in [1.807, 2.05) is 0 Å². The minimum absolute atomic E-state index is 0.469. The highest BCUT2D eigenvalue weighted by atomic mass is 32.2. The zero-order chi connectivity index (χ0) is 9.68. The molecule has 0 spiro atoms. The van der Waals surface area contributed by atoms with Crippen molar-refractivity contribution in [3.05, 3.63) is 0 Å². The van der Waals surface area contributed by atoms with E-state index in [2.05, 4.69) is 17.9 Å². The summed E-state index contributed by atoms with van der Waals surface area (Å²) in [4.78, 5) is 2.33. The normalized spacial score (nSPS) is 22.5. The van der Waals surface area contributed by atoms with Gasteiger partial charge >= 0.3 is 0 Å². The van der Waals surface area contributed by atoms with Crippen LogP contribution in [-0.2, 0) is 10.8 Å². The largest absolute Gasteiger partial charge is 0.299 e. The SMILES string of the molecule is CC(CCC#N)N1CCS(=O)CC1. The molecule has 4 heteroatoms. The van der Waals surface area contributed by atoms with Crippen molar-refractivity contribution in [2.45, 2.75) is 25.8 Å². The molecule has 1 atom stereocenters. The summed E-state index contributed by atoms with van der Waals surface area (Å²) >= 11 is 0. The van der Waals surface area contributed by atoms with Gasteiger partial charge in [0.25, 0.3) is 0 Å². The molecule has 3 nitrogen and oxygen atoms in total. The Kier molecular flexibility index (Phi) is 4.40. The van der Waals surface area contributed by atoms with Gasteiger partial charge in [-0.1, -0.05) is 0 Å². The van der Waals surface area contributed by atoms with E-state index in [1.54, 1.807) is 0 Å². The van der Waals surface area contributed by atoms with Gasteiger partial charge in [0.05, 0.1) is 6.07 Å². The minimum Gasteiger partial charge on any atom is -0.299 e. The van der Waals surface area contributed by atoms with Crippen LogP contribution in [0, 0.1) is 11.3 Å². The van der Waals surface area contributed by atoms with Gasteiger partial charge in [0.2, 0.25) is 0 Å². The Bertz CT molecular complexity index is 214. The van der Waals surface area contributed by atoms with Crippen molar-refractivity contribution in [3.8, 4) is 6.07 Å². The molecule has 0 amide bonds. The standard InChI is InChI=1S/C9H16N2OS/c1-9(3-2-4-10)11-5-7-13(12)8-6-11/h9H,2-3,5-8H2,1H3. The fourth-order valence-corrected chi connectivity index (χ4v) is 2.63. The molecule has 1 rings (SSSR count). The Hall–Kier alpha value is -0.400. The first kappa shape index (κ1) is 10.7. The Labute approximate surface area is 82.2 Å². The summed E-state index contributed by atoms with van der Waals surface area (Å²) < 4.78 is 11.1. The molecule has 0 bridgehead atoms. The second-order valence-electron chi connectivity index (χ2n) is 3.43. The topological polar surface area (TPSA) is 44.1 Å². The van der Waals surface area contributed by atoms with Crippen molar-refractivity contribution in [2.75, 3.05) is 24.6 Å². The van der Waals surface area contributed by atoms with Gasteiger partial charge in [-0.3, -0.25) is 9.11 Å². The smallest absolute Gasteiger partial charge is 0.0622 e. The third-order valence-electron chi connectivity index (χ3n) is 2.51. The van der Waals surface area contributed by atoms with E-state index in [1.165, 1.54) is 0 Å². The van der Waals surface area contributed by atoms with Gasteiger partial charge in [0.15, 0.2) is 0 Å². The van der Waals surface area contributed by atoms with Crippen LogP contribution in [0.1, 0.15) is 19.8 Å².